The van der Waals surface area contributed by atoms with Crippen LogP contribution >= 0.6 is 11.6 Å². The first-order chi connectivity index (χ1) is 15.8. The third kappa shape index (κ3) is 5.09. The molecule has 1 aromatic heterocycles. The van der Waals surface area contributed by atoms with Crippen molar-refractivity contribution in [2.45, 2.75) is 17.4 Å². The standard InChI is InChI=1S/C22H25ClN6O3S/c1-25-33(31,32)17-6-7-20-18(13-17)21(27-14-26-20)28-8-10-29(11-9-28)22(30)19(24)12-15-2-4-16(23)5-3-15/h2-7,13-14,19,25H,8-12,24H2,1H3/t19-/m1/s1. The molecule has 0 spiro atoms. The van der Waals surface area contributed by atoms with Gasteiger partial charge in [-0.2, -0.15) is 0 Å². The zero-order valence-corrected chi connectivity index (χ0v) is 19.7. The van der Waals surface area contributed by atoms with Gasteiger partial charge in [0.25, 0.3) is 0 Å². The molecule has 4 rings (SSSR count). The van der Waals surface area contributed by atoms with E-state index in [1.54, 1.807) is 29.2 Å². The van der Waals surface area contributed by atoms with Gasteiger partial charge >= 0.3 is 0 Å². The average molecular weight is 489 g/mol. The van der Waals surface area contributed by atoms with Gasteiger partial charge < -0.3 is 15.5 Å². The van der Waals surface area contributed by atoms with Crippen LogP contribution in [-0.4, -0.2) is 68.5 Å². The lowest BCUT2D eigenvalue weighted by Gasteiger charge is -2.36. The SMILES string of the molecule is CNS(=O)(=O)c1ccc2ncnc(N3CCN(C(=O)[C@H](N)Cc4ccc(Cl)cc4)CC3)c2c1. The number of halogens is 1. The molecule has 3 N–H and O–H groups in total. The van der Waals surface area contributed by atoms with Crippen molar-refractivity contribution in [2.75, 3.05) is 38.1 Å². The summed E-state index contributed by atoms with van der Waals surface area (Å²) in [6.07, 6.45) is 1.90. The molecule has 1 amide bonds. The van der Waals surface area contributed by atoms with Crippen molar-refractivity contribution in [3.8, 4) is 0 Å². The summed E-state index contributed by atoms with van der Waals surface area (Å²) >= 11 is 5.92. The molecule has 0 bridgehead atoms. The van der Waals surface area contributed by atoms with Crippen molar-refractivity contribution in [1.82, 2.24) is 19.6 Å². The molecule has 1 atom stereocenters. The number of amides is 1. The van der Waals surface area contributed by atoms with Crippen LogP contribution < -0.4 is 15.4 Å². The van der Waals surface area contributed by atoms with Crippen LogP contribution in [0.3, 0.4) is 0 Å². The third-order valence-electron chi connectivity index (χ3n) is 5.74. The number of sulfonamides is 1. The maximum atomic E-state index is 12.9. The summed E-state index contributed by atoms with van der Waals surface area (Å²) < 4.78 is 26.8. The van der Waals surface area contributed by atoms with Crippen LogP contribution in [-0.2, 0) is 21.2 Å². The minimum Gasteiger partial charge on any atom is -0.352 e. The number of benzene rings is 2. The van der Waals surface area contributed by atoms with E-state index in [1.165, 1.54) is 19.4 Å². The Hall–Kier alpha value is -2.79. The number of aromatic nitrogens is 2. The summed E-state index contributed by atoms with van der Waals surface area (Å²) in [7, 11) is -2.22. The lowest BCUT2D eigenvalue weighted by Crippen LogP contribution is -2.53. The zero-order valence-electron chi connectivity index (χ0n) is 18.1. The van der Waals surface area contributed by atoms with Gasteiger partial charge in [-0.25, -0.2) is 23.1 Å². The number of anilines is 1. The fraction of sp³-hybridized carbons (Fsp3) is 0.318. The summed E-state index contributed by atoms with van der Waals surface area (Å²) in [5.41, 5.74) is 7.80. The third-order valence-corrected chi connectivity index (χ3v) is 7.41. The first kappa shape index (κ1) is 23.4. The second-order valence-corrected chi connectivity index (χ2v) is 10.2. The lowest BCUT2D eigenvalue weighted by atomic mass is 10.1. The molecule has 0 radical (unpaired) electrons. The van der Waals surface area contributed by atoms with Crippen LogP contribution in [0.25, 0.3) is 10.9 Å². The van der Waals surface area contributed by atoms with Gasteiger partial charge in [0, 0.05) is 36.6 Å². The van der Waals surface area contributed by atoms with E-state index in [0.717, 1.165) is 5.56 Å². The second-order valence-electron chi connectivity index (χ2n) is 7.83. The largest absolute Gasteiger partial charge is 0.352 e. The highest BCUT2D eigenvalue weighted by atomic mass is 35.5. The molecular weight excluding hydrogens is 464 g/mol. The predicted molar refractivity (Wildman–Crippen MR) is 128 cm³/mol. The molecule has 3 aromatic rings. The highest BCUT2D eigenvalue weighted by molar-refractivity contribution is 7.89. The number of rotatable bonds is 6. The predicted octanol–water partition coefficient (Wildman–Crippen LogP) is 1.41. The van der Waals surface area contributed by atoms with Crippen molar-refractivity contribution in [3.05, 3.63) is 59.4 Å². The number of nitrogens with zero attached hydrogens (tertiary/aromatic N) is 4. The molecular formula is C22H25ClN6O3S. The van der Waals surface area contributed by atoms with Gasteiger partial charge in [0.1, 0.15) is 12.1 Å². The first-order valence-corrected chi connectivity index (χ1v) is 12.4. The van der Waals surface area contributed by atoms with Gasteiger partial charge in [-0.05, 0) is 49.4 Å². The molecule has 0 aliphatic carbocycles. The number of carbonyl (C=O) groups is 1. The molecule has 11 heteroatoms. The Morgan fingerprint density at radius 2 is 1.82 bits per heavy atom. The summed E-state index contributed by atoms with van der Waals surface area (Å²) in [5.74, 6) is 0.547. The van der Waals surface area contributed by atoms with Crippen molar-refractivity contribution in [1.29, 1.82) is 0 Å². The summed E-state index contributed by atoms with van der Waals surface area (Å²) in [6, 6.07) is 11.4. The van der Waals surface area contributed by atoms with Gasteiger partial charge in [0.15, 0.2) is 0 Å². The highest BCUT2D eigenvalue weighted by Gasteiger charge is 2.27. The van der Waals surface area contributed by atoms with E-state index in [9.17, 15) is 13.2 Å². The Kier molecular flexibility index (Phi) is 6.80. The van der Waals surface area contributed by atoms with E-state index in [4.69, 9.17) is 17.3 Å². The van der Waals surface area contributed by atoms with E-state index in [1.807, 2.05) is 17.0 Å². The van der Waals surface area contributed by atoms with Gasteiger partial charge in [-0.15, -0.1) is 0 Å². The van der Waals surface area contributed by atoms with E-state index < -0.39 is 16.1 Å². The number of carbonyl (C=O) groups excluding carboxylic acids is 1. The fourth-order valence-corrected chi connectivity index (χ4v) is 4.78. The molecule has 1 aliphatic heterocycles. The Bertz CT molecular complexity index is 1260. The van der Waals surface area contributed by atoms with E-state index in [0.29, 0.717) is 54.3 Å². The molecule has 174 valence electrons. The molecule has 1 fully saturated rings. The number of nitrogens with one attached hydrogen (secondary N) is 1. The van der Waals surface area contributed by atoms with Crippen LogP contribution in [0.2, 0.25) is 5.02 Å². The Balaban J connectivity index is 1.46. The van der Waals surface area contributed by atoms with E-state index in [-0.39, 0.29) is 10.8 Å². The van der Waals surface area contributed by atoms with E-state index >= 15 is 0 Å². The molecule has 1 aliphatic rings. The Morgan fingerprint density at radius 3 is 2.48 bits per heavy atom. The Morgan fingerprint density at radius 1 is 1.12 bits per heavy atom. The molecule has 33 heavy (non-hydrogen) atoms. The maximum Gasteiger partial charge on any atom is 0.240 e. The fourth-order valence-electron chi connectivity index (χ4n) is 3.89. The van der Waals surface area contributed by atoms with Crippen molar-refractivity contribution in [3.63, 3.8) is 0 Å². The zero-order chi connectivity index (χ0) is 23.6. The summed E-state index contributed by atoms with van der Waals surface area (Å²) in [4.78, 5) is 25.5. The maximum absolute atomic E-state index is 12.9. The lowest BCUT2D eigenvalue weighted by molar-refractivity contribution is -0.132. The van der Waals surface area contributed by atoms with Gasteiger partial charge in [-0.1, -0.05) is 23.7 Å². The molecule has 0 unspecified atom stereocenters. The normalized spacial score (nSPS) is 15.6. The van der Waals surface area contributed by atoms with Gasteiger partial charge in [0.2, 0.25) is 15.9 Å². The molecule has 1 saturated heterocycles. The topological polar surface area (TPSA) is 122 Å². The van der Waals surface area contributed by atoms with Crippen LogP contribution in [0.5, 0.6) is 0 Å². The second kappa shape index (κ2) is 9.60. The number of hydrogen-bond acceptors (Lipinski definition) is 7. The molecule has 0 saturated carbocycles. The minimum atomic E-state index is -3.59. The van der Waals surface area contributed by atoms with Gasteiger partial charge in [-0.3, -0.25) is 4.79 Å². The number of hydrogen-bond donors (Lipinski definition) is 2. The smallest absolute Gasteiger partial charge is 0.240 e. The quantitative estimate of drug-likeness (QED) is 0.538. The van der Waals surface area contributed by atoms with Crippen LogP contribution in [0.15, 0.2) is 53.7 Å². The number of nitrogens with two attached hydrogens (primary N) is 1. The van der Waals surface area contributed by atoms with Crippen molar-refractivity contribution >= 4 is 44.3 Å². The van der Waals surface area contributed by atoms with Crippen LogP contribution in [0.4, 0.5) is 5.82 Å². The number of piperazine rings is 1. The molecule has 2 heterocycles. The van der Waals surface area contributed by atoms with Gasteiger partial charge in [0.05, 0.1) is 16.5 Å². The molecule has 2 aromatic carbocycles. The highest BCUT2D eigenvalue weighted by Crippen LogP contribution is 2.26. The van der Waals surface area contributed by atoms with E-state index in [2.05, 4.69) is 14.7 Å². The van der Waals surface area contributed by atoms with Crippen LogP contribution in [0, 0.1) is 0 Å². The average Bonchev–Trinajstić information content (AvgIpc) is 2.84. The minimum absolute atomic E-state index is 0.0976. The summed E-state index contributed by atoms with van der Waals surface area (Å²) in [5, 5.41) is 1.29. The first-order valence-electron chi connectivity index (χ1n) is 10.5. The Labute approximate surface area is 197 Å². The van der Waals surface area contributed by atoms with Crippen molar-refractivity contribution in [2.24, 2.45) is 5.73 Å². The van der Waals surface area contributed by atoms with Crippen molar-refractivity contribution < 1.29 is 13.2 Å². The number of fused-ring (bicyclic) bond motifs is 1. The monoisotopic (exact) mass is 488 g/mol. The van der Waals surface area contributed by atoms with Crippen LogP contribution in [0.1, 0.15) is 5.56 Å². The molecule has 9 nitrogen and oxygen atoms in total. The summed E-state index contributed by atoms with van der Waals surface area (Å²) in [6.45, 7) is 2.09.